The number of thioether (sulfide) groups is 2. The van der Waals surface area contributed by atoms with Crippen molar-refractivity contribution in [1.82, 2.24) is 9.97 Å². The van der Waals surface area contributed by atoms with Gasteiger partial charge in [0.15, 0.2) is 18.9 Å². The number of aromatic nitrogens is 2. The maximum atomic E-state index is 12.2. The molecule has 0 saturated heterocycles. The van der Waals surface area contributed by atoms with E-state index >= 15 is 0 Å². The van der Waals surface area contributed by atoms with Crippen LogP contribution in [-0.4, -0.2) is 20.2 Å². The molecule has 2 aromatic heterocycles. The van der Waals surface area contributed by atoms with Crippen LogP contribution < -0.4 is 0 Å². The molecule has 2 aromatic carbocycles. The van der Waals surface area contributed by atoms with Gasteiger partial charge >= 0.3 is 0 Å². The predicted octanol–water partition coefficient (Wildman–Crippen LogP) is 6.40. The first kappa shape index (κ1) is 19.6. The van der Waals surface area contributed by atoms with Gasteiger partial charge in [-0.05, 0) is 60.6 Å². The molecule has 4 rings (SSSR count). The van der Waals surface area contributed by atoms with Crippen molar-refractivity contribution in [3.05, 3.63) is 48.5 Å². The van der Waals surface area contributed by atoms with Crippen molar-refractivity contribution in [3.8, 4) is 0 Å². The summed E-state index contributed by atoms with van der Waals surface area (Å²) in [5.74, 6) is 0. The highest BCUT2D eigenvalue weighted by Gasteiger charge is 2.12. The number of carbonyl (C=O) groups is 2. The summed E-state index contributed by atoms with van der Waals surface area (Å²) in [4.78, 5) is 33.3. The number of nitrogens with zero attached hydrogens (tertiary/aromatic N) is 2. The maximum Gasteiger partial charge on any atom is 0.195 e. The number of carbonyl (C=O) groups excluding carboxylic acids is 2. The lowest BCUT2D eigenvalue weighted by molar-refractivity contribution is -0.112. The number of para-hydroxylation sites is 2. The number of rotatable bonds is 7. The van der Waals surface area contributed by atoms with Crippen LogP contribution in [-0.2, 0) is 9.59 Å². The van der Waals surface area contributed by atoms with E-state index in [9.17, 15) is 9.59 Å². The Labute approximate surface area is 178 Å². The molecule has 142 valence electrons. The van der Waals surface area contributed by atoms with Gasteiger partial charge in [-0.15, -0.1) is 22.7 Å². The molecule has 0 aliphatic heterocycles. The fraction of sp³-hybridized carbons (Fsp3) is 0.200. The summed E-state index contributed by atoms with van der Waals surface area (Å²) in [7, 11) is 0. The normalized spacial score (nSPS) is 11.3. The number of hydrogen-bond donors (Lipinski definition) is 0. The lowest BCUT2D eigenvalue weighted by Crippen LogP contribution is -1.95. The number of unbranched alkanes of at least 4 members (excludes halogenated alkanes) is 1. The molecule has 0 N–H and O–H groups in total. The number of benzene rings is 2. The monoisotopic (exact) mass is 444 g/mol. The van der Waals surface area contributed by atoms with Gasteiger partial charge in [0.25, 0.3) is 0 Å². The largest absolute Gasteiger partial charge is 0.287 e. The average molecular weight is 445 g/mol. The average Bonchev–Trinajstić information content (AvgIpc) is 3.27. The Morgan fingerprint density at radius 1 is 0.714 bits per heavy atom. The highest BCUT2D eigenvalue weighted by molar-refractivity contribution is 8.15. The van der Waals surface area contributed by atoms with Crippen molar-refractivity contribution >= 4 is 76.9 Å². The first-order valence-electron chi connectivity index (χ1n) is 8.80. The summed E-state index contributed by atoms with van der Waals surface area (Å²) in [5, 5.41) is 0.204. The minimum absolute atomic E-state index is 0.102. The van der Waals surface area contributed by atoms with Crippen LogP contribution in [0.1, 0.15) is 25.7 Å². The second-order valence-electron chi connectivity index (χ2n) is 6.05. The SMILES string of the molecule is O=C(CCCCC(=O)Sc1nc2ccccc2s1)Sc1nc2ccccc2s1. The van der Waals surface area contributed by atoms with E-state index in [-0.39, 0.29) is 10.2 Å². The summed E-state index contributed by atoms with van der Waals surface area (Å²) < 4.78 is 3.76. The molecule has 8 heteroatoms. The van der Waals surface area contributed by atoms with E-state index in [2.05, 4.69) is 9.97 Å². The fourth-order valence-electron chi connectivity index (χ4n) is 2.62. The highest BCUT2D eigenvalue weighted by Crippen LogP contribution is 2.32. The van der Waals surface area contributed by atoms with Gasteiger partial charge in [0.05, 0.1) is 20.4 Å². The molecular weight excluding hydrogens is 429 g/mol. The van der Waals surface area contributed by atoms with Crippen molar-refractivity contribution < 1.29 is 9.59 Å². The maximum absolute atomic E-state index is 12.2. The Hall–Kier alpha value is -1.74. The van der Waals surface area contributed by atoms with Crippen molar-refractivity contribution in [2.75, 3.05) is 0 Å². The molecule has 0 atom stereocenters. The van der Waals surface area contributed by atoms with Crippen LogP contribution in [0.15, 0.2) is 57.2 Å². The summed E-state index contributed by atoms with van der Waals surface area (Å²) in [5.41, 5.74) is 1.86. The van der Waals surface area contributed by atoms with Gasteiger partial charge in [-0.2, -0.15) is 0 Å². The lowest BCUT2D eigenvalue weighted by atomic mass is 10.2. The van der Waals surface area contributed by atoms with Gasteiger partial charge in [-0.3, -0.25) is 9.59 Å². The van der Waals surface area contributed by atoms with Crippen molar-refractivity contribution in [2.45, 2.75) is 34.4 Å². The standard InChI is InChI=1S/C20H16N2O2S4/c23-17(27-19-21-13-7-1-3-9-15(13)25-19)11-5-6-12-18(24)28-20-22-14-8-2-4-10-16(14)26-20/h1-4,7-10H,5-6,11-12H2. The summed E-state index contributed by atoms with van der Waals surface area (Å²) >= 11 is 5.49. The molecule has 0 aliphatic carbocycles. The third-order valence-corrected chi connectivity index (χ3v) is 8.02. The van der Waals surface area contributed by atoms with E-state index in [0.717, 1.165) is 29.1 Å². The molecule has 0 unspecified atom stereocenters. The predicted molar refractivity (Wildman–Crippen MR) is 119 cm³/mol. The third-order valence-electron chi connectivity index (χ3n) is 3.96. The quantitative estimate of drug-likeness (QED) is 0.243. The number of fused-ring (bicyclic) bond motifs is 2. The second kappa shape index (κ2) is 9.17. The van der Waals surface area contributed by atoms with Crippen LogP contribution in [0.5, 0.6) is 0 Å². The van der Waals surface area contributed by atoms with Crippen LogP contribution >= 0.6 is 46.2 Å². The van der Waals surface area contributed by atoms with Crippen LogP contribution in [0.3, 0.4) is 0 Å². The Balaban J connectivity index is 1.19. The third kappa shape index (κ3) is 5.00. The van der Waals surface area contributed by atoms with Gasteiger partial charge < -0.3 is 0 Å². The van der Waals surface area contributed by atoms with Gasteiger partial charge in [0.1, 0.15) is 0 Å². The van der Waals surface area contributed by atoms with Crippen LogP contribution in [0.4, 0.5) is 0 Å². The molecule has 0 amide bonds. The van der Waals surface area contributed by atoms with Crippen LogP contribution in [0, 0.1) is 0 Å². The van der Waals surface area contributed by atoms with Crippen molar-refractivity contribution in [3.63, 3.8) is 0 Å². The first-order valence-corrected chi connectivity index (χ1v) is 12.1. The zero-order chi connectivity index (χ0) is 19.3. The second-order valence-corrected chi connectivity index (χ2v) is 10.7. The van der Waals surface area contributed by atoms with E-state index in [1.807, 2.05) is 48.5 Å². The molecule has 4 nitrogen and oxygen atoms in total. The van der Waals surface area contributed by atoms with Crippen molar-refractivity contribution in [2.24, 2.45) is 0 Å². The van der Waals surface area contributed by atoms with E-state index in [4.69, 9.17) is 0 Å². The Bertz CT molecular complexity index is 979. The molecule has 28 heavy (non-hydrogen) atoms. The Morgan fingerprint density at radius 2 is 1.14 bits per heavy atom. The Morgan fingerprint density at radius 3 is 1.57 bits per heavy atom. The van der Waals surface area contributed by atoms with Gasteiger partial charge in [-0.1, -0.05) is 24.3 Å². The summed E-state index contributed by atoms with van der Waals surface area (Å²) in [6, 6.07) is 15.8. The van der Waals surface area contributed by atoms with Gasteiger partial charge in [0, 0.05) is 12.8 Å². The smallest absolute Gasteiger partial charge is 0.195 e. The lowest BCUT2D eigenvalue weighted by Gasteiger charge is -1.99. The van der Waals surface area contributed by atoms with Gasteiger partial charge in [-0.25, -0.2) is 9.97 Å². The molecule has 4 aromatic rings. The fourth-order valence-corrected chi connectivity index (χ4v) is 6.62. The Kier molecular flexibility index (Phi) is 6.41. The number of hydrogen-bond acceptors (Lipinski definition) is 8. The van der Waals surface area contributed by atoms with E-state index in [0.29, 0.717) is 25.7 Å². The minimum Gasteiger partial charge on any atom is -0.287 e. The molecule has 0 radical (unpaired) electrons. The molecule has 2 heterocycles. The van der Waals surface area contributed by atoms with Crippen molar-refractivity contribution in [1.29, 1.82) is 0 Å². The van der Waals surface area contributed by atoms with Crippen LogP contribution in [0.25, 0.3) is 20.4 Å². The summed E-state index contributed by atoms with van der Waals surface area (Å²) in [6.07, 6.45) is 2.34. The zero-order valence-corrected chi connectivity index (χ0v) is 18.1. The number of thiazole rings is 2. The van der Waals surface area contributed by atoms with Gasteiger partial charge in [0.2, 0.25) is 0 Å². The van der Waals surface area contributed by atoms with E-state index < -0.39 is 0 Å². The summed E-state index contributed by atoms with van der Waals surface area (Å²) in [6.45, 7) is 0. The highest BCUT2D eigenvalue weighted by atomic mass is 32.2. The molecule has 0 saturated carbocycles. The molecule has 0 spiro atoms. The van der Waals surface area contributed by atoms with E-state index in [1.165, 1.54) is 23.5 Å². The first-order chi connectivity index (χ1) is 13.7. The zero-order valence-electron chi connectivity index (χ0n) is 14.8. The molecule has 0 bridgehead atoms. The minimum atomic E-state index is 0.102. The molecular formula is C20H16N2O2S4. The topological polar surface area (TPSA) is 59.9 Å². The molecule has 0 fully saturated rings. The molecule has 0 aliphatic rings. The van der Waals surface area contributed by atoms with E-state index in [1.54, 1.807) is 22.7 Å². The van der Waals surface area contributed by atoms with Crippen LogP contribution in [0.2, 0.25) is 0 Å².